The average Bonchev–Trinajstić information content (AvgIpc) is 3.32. The molecule has 7 nitrogen and oxygen atoms in total. The van der Waals surface area contributed by atoms with E-state index >= 15 is 0 Å². The highest BCUT2D eigenvalue weighted by Gasteiger charge is 2.17. The Kier molecular flexibility index (Phi) is 8.35. The van der Waals surface area contributed by atoms with Crippen molar-refractivity contribution in [3.05, 3.63) is 65.4 Å². The number of fused-ring (bicyclic) bond motifs is 1. The summed E-state index contributed by atoms with van der Waals surface area (Å²) in [4.78, 5) is 15.1. The number of methoxy groups -OCH3 is 1. The molecule has 1 saturated heterocycles. The Bertz CT molecular complexity index is 1030. The molecule has 0 radical (unpaired) electrons. The van der Waals surface area contributed by atoms with Crippen LogP contribution in [0.2, 0.25) is 0 Å². The van der Waals surface area contributed by atoms with Gasteiger partial charge in [0.05, 0.1) is 20.3 Å². The van der Waals surface area contributed by atoms with E-state index in [1.165, 1.54) is 5.56 Å². The number of hydrogen-bond acceptors (Lipinski definition) is 6. The van der Waals surface area contributed by atoms with Crippen LogP contribution in [0.25, 0.3) is 11.0 Å². The van der Waals surface area contributed by atoms with Gasteiger partial charge in [-0.15, -0.1) is 0 Å². The lowest BCUT2D eigenvalue weighted by molar-refractivity contribution is 0.0384. The van der Waals surface area contributed by atoms with Gasteiger partial charge in [0, 0.05) is 44.7 Å². The van der Waals surface area contributed by atoms with Crippen molar-refractivity contribution < 1.29 is 18.7 Å². The first-order valence-corrected chi connectivity index (χ1v) is 11.7. The first kappa shape index (κ1) is 23.3. The summed E-state index contributed by atoms with van der Waals surface area (Å²) < 4.78 is 16.8. The quantitative estimate of drug-likeness (QED) is 0.436. The van der Waals surface area contributed by atoms with E-state index in [4.69, 9.17) is 13.9 Å². The smallest absolute Gasteiger partial charge is 0.287 e. The Morgan fingerprint density at radius 3 is 2.70 bits per heavy atom. The zero-order valence-corrected chi connectivity index (χ0v) is 19.3. The molecule has 0 saturated carbocycles. The minimum absolute atomic E-state index is 0.201. The van der Waals surface area contributed by atoms with Gasteiger partial charge < -0.3 is 24.5 Å². The number of carbonyl (C=O) groups excluding carboxylic acids is 1. The molecule has 1 aromatic heterocycles. The molecule has 176 valence electrons. The van der Waals surface area contributed by atoms with E-state index in [9.17, 15) is 4.79 Å². The van der Waals surface area contributed by atoms with Crippen LogP contribution in [0.1, 0.15) is 28.1 Å². The molecule has 2 N–H and O–H groups in total. The van der Waals surface area contributed by atoms with Crippen molar-refractivity contribution in [1.29, 1.82) is 0 Å². The van der Waals surface area contributed by atoms with Gasteiger partial charge in [-0.25, -0.2) is 0 Å². The monoisotopic (exact) mass is 451 g/mol. The second kappa shape index (κ2) is 11.8. The van der Waals surface area contributed by atoms with E-state index in [2.05, 4.69) is 27.7 Å². The largest absolute Gasteiger partial charge is 0.493 e. The predicted molar refractivity (Wildman–Crippen MR) is 129 cm³/mol. The second-order valence-corrected chi connectivity index (χ2v) is 8.26. The van der Waals surface area contributed by atoms with Gasteiger partial charge in [-0.05, 0) is 36.1 Å². The Morgan fingerprint density at radius 1 is 1.09 bits per heavy atom. The van der Waals surface area contributed by atoms with Crippen molar-refractivity contribution in [3.63, 3.8) is 0 Å². The Balaban J connectivity index is 1.33. The van der Waals surface area contributed by atoms with Crippen LogP contribution < -0.4 is 15.4 Å². The van der Waals surface area contributed by atoms with Gasteiger partial charge in [0.1, 0.15) is 0 Å². The summed E-state index contributed by atoms with van der Waals surface area (Å²) in [5, 5.41) is 7.39. The van der Waals surface area contributed by atoms with Gasteiger partial charge >= 0.3 is 0 Å². The van der Waals surface area contributed by atoms with E-state index in [1.54, 1.807) is 7.11 Å². The van der Waals surface area contributed by atoms with Crippen LogP contribution in [0.5, 0.6) is 5.75 Å². The highest BCUT2D eigenvalue weighted by Crippen LogP contribution is 2.31. The molecular weight excluding hydrogens is 418 g/mol. The molecule has 0 unspecified atom stereocenters. The van der Waals surface area contributed by atoms with E-state index < -0.39 is 0 Å². The van der Waals surface area contributed by atoms with Crippen molar-refractivity contribution in [2.75, 3.05) is 53.0 Å². The molecule has 33 heavy (non-hydrogen) atoms. The lowest BCUT2D eigenvalue weighted by Gasteiger charge is -2.26. The van der Waals surface area contributed by atoms with Gasteiger partial charge in [-0.1, -0.05) is 36.4 Å². The number of rotatable bonds is 11. The lowest BCUT2D eigenvalue weighted by atomic mass is 10.1. The summed E-state index contributed by atoms with van der Waals surface area (Å²) in [5.74, 6) is 0.738. The zero-order chi connectivity index (χ0) is 22.9. The fraction of sp³-hybridized carbons (Fsp3) is 0.423. The first-order chi connectivity index (χ1) is 16.2. The lowest BCUT2D eigenvalue weighted by Crippen LogP contribution is -2.40. The number of amides is 1. The van der Waals surface area contributed by atoms with E-state index in [1.807, 2.05) is 36.4 Å². The number of aryl methyl sites for hydroxylation is 1. The van der Waals surface area contributed by atoms with E-state index in [0.717, 1.165) is 63.2 Å². The number of benzene rings is 2. The molecule has 1 fully saturated rings. The highest BCUT2D eigenvalue weighted by atomic mass is 16.5. The fourth-order valence-corrected chi connectivity index (χ4v) is 4.09. The number of furan rings is 1. The van der Waals surface area contributed by atoms with Gasteiger partial charge in [0.25, 0.3) is 5.91 Å². The Hall–Kier alpha value is -2.87. The standard InChI is InChI=1S/C26H33N3O4/c1-31-23-10-9-21(19-27-12-13-29-14-16-32-17-15-29)22-18-24(33-25(22)23)26(30)28-11-5-8-20-6-3-2-4-7-20/h2-4,6-7,9-10,18,27H,5,8,11-17,19H2,1H3,(H,28,30). The Labute approximate surface area is 195 Å². The molecular formula is C26H33N3O4. The third kappa shape index (κ3) is 6.35. The molecule has 0 bridgehead atoms. The average molecular weight is 452 g/mol. The zero-order valence-electron chi connectivity index (χ0n) is 19.3. The van der Waals surface area contributed by atoms with Gasteiger partial charge in [0.2, 0.25) is 0 Å². The topological polar surface area (TPSA) is 76.0 Å². The molecule has 0 aliphatic carbocycles. The number of hydrogen-bond donors (Lipinski definition) is 2. The third-order valence-corrected chi connectivity index (χ3v) is 5.98. The second-order valence-electron chi connectivity index (χ2n) is 8.26. The third-order valence-electron chi connectivity index (χ3n) is 5.98. The van der Waals surface area contributed by atoms with Crippen molar-refractivity contribution >= 4 is 16.9 Å². The number of carbonyl (C=O) groups is 1. The summed E-state index contributed by atoms with van der Waals surface area (Å²) in [6.07, 6.45) is 1.80. The van der Waals surface area contributed by atoms with Gasteiger partial charge in [0.15, 0.2) is 17.1 Å². The van der Waals surface area contributed by atoms with Crippen LogP contribution in [0.3, 0.4) is 0 Å². The molecule has 2 aromatic carbocycles. The maximum Gasteiger partial charge on any atom is 0.287 e. The van der Waals surface area contributed by atoms with E-state index in [-0.39, 0.29) is 5.91 Å². The number of morpholine rings is 1. The summed E-state index contributed by atoms with van der Waals surface area (Å²) >= 11 is 0. The summed E-state index contributed by atoms with van der Waals surface area (Å²) in [6, 6.07) is 16.0. The molecule has 1 amide bonds. The first-order valence-electron chi connectivity index (χ1n) is 11.7. The van der Waals surface area contributed by atoms with Crippen LogP contribution in [0.15, 0.2) is 52.9 Å². The van der Waals surface area contributed by atoms with Crippen molar-refractivity contribution in [2.45, 2.75) is 19.4 Å². The summed E-state index contributed by atoms with van der Waals surface area (Å²) in [7, 11) is 1.61. The van der Waals surface area contributed by atoms with Crippen molar-refractivity contribution in [1.82, 2.24) is 15.5 Å². The molecule has 1 aliphatic heterocycles. The summed E-state index contributed by atoms with van der Waals surface area (Å²) in [6.45, 7) is 6.77. The molecule has 7 heteroatoms. The van der Waals surface area contributed by atoms with Crippen molar-refractivity contribution in [3.8, 4) is 5.75 Å². The molecule has 1 aliphatic rings. The predicted octanol–water partition coefficient (Wildman–Crippen LogP) is 3.23. The Morgan fingerprint density at radius 2 is 1.91 bits per heavy atom. The minimum atomic E-state index is -0.201. The highest BCUT2D eigenvalue weighted by molar-refractivity contribution is 5.98. The molecule has 3 aromatic rings. The normalized spacial score (nSPS) is 14.5. The van der Waals surface area contributed by atoms with Crippen LogP contribution in [0, 0.1) is 0 Å². The molecule has 2 heterocycles. The van der Waals surface area contributed by atoms with Crippen LogP contribution in [0.4, 0.5) is 0 Å². The molecule has 0 atom stereocenters. The number of ether oxygens (including phenoxy) is 2. The van der Waals surface area contributed by atoms with Crippen molar-refractivity contribution in [2.24, 2.45) is 0 Å². The maximum atomic E-state index is 12.7. The van der Waals surface area contributed by atoms with Gasteiger partial charge in [-0.3, -0.25) is 9.69 Å². The van der Waals surface area contributed by atoms with E-state index in [0.29, 0.717) is 30.2 Å². The fourth-order valence-electron chi connectivity index (χ4n) is 4.09. The number of nitrogens with zero attached hydrogens (tertiary/aromatic N) is 1. The molecule has 4 rings (SSSR count). The van der Waals surface area contributed by atoms with Crippen LogP contribution in [-0.4, -0.2) is 63.9 Å². The molecule has 0 spiro atoms. The minimum Gasteiger partial charge on any atom is -0.493 e. The summed E-state index contributed by atoms with van der Waals surface area (Å²) in [5.41, 5.74) is 2.96. The maximum absolute atomic E-state index is 12.7. The van der Waals surface area contributed by atoms with Crippen LogP contribution in [-0.2, 0) is 17.7 Å². The number of nitrogens with one attached hydrogen (secondary N) is 2. The van der Waals surface area contributed by atoms with Gasteiger partial charge in [-0.2, -0.15) is 0 Å². The van der Waals surface area contributed by atoms with Crippen LogP contribution >= 0.6 is 0 Å². The SMILES string of the molecule is COc1ccc(CNCCN2CCOCC2)c2cc(C(=O)NCCCc3ccccc3)oc12.